The summed E-state index contributed by atoms with van der Waals surface area (Å²) in [5.74, 6) is 0.634. The molecule has 0 aliphatic carbocycles. The van der Waals surface area contributed by atoms with E-state index in [0.717, 1.165) is 55.4 Å². The minimum atomic E-state index is 0.0812. The van der Waals surface area contributed by atoms with Gasteiger partial charge >= 0.3 is 0 Å². The summed E-state index contributed by atoms with van der Waals surface area (Å²) in [6.07, 6.45) is 5.17. The summed E-state index contributed by atoms with van der Waals surface area (Å²) in [5, 5.41) is 2.35. The Bertz CT molecular complexity index is 1330. The quantitative estimate of drug-likeness (QED) is 0.427. The van der Waals surface area contributed by atoms with Gasteiger partial charge in [0.1, 0.15) is 11.3 Å². The number of piperidine rings is 1. The average Bonchev–Trinajstić information content (AvgIpc) is 3.52. The van der Waals surface area contributed by atoms with Gasteiger partial charge in [-0.3, -0.25) is 4.79 Å². The van der Waals surface area contributed by atoms with Crippen LogP contribution in [0.25, 0.3) is 21.9 Å². The highest BCUT2D eigenvalue weighted by Gasteiger charge is 2.30. The number of nitrogens with zero attached hydrogens (tertiary/aromatic N) is 2. The lowest BCUT2D eigenvalue weighted by atomic mass is 9.89. The number of amides is 1. The Labute approximate surface area is 205 Å². The molecule has 4 aromatic rings. The highest BCUT2D eigenvalue weighted by atomic mass is 16.5. The van der Waals surface area contributed by atoms with Gasteiger partial charge in [-0.05, 0) is 69.5 Å². The van der Waals surface area contributed by atoms with Crippen molar-refractivity contribution >= 4 is 27.8 Å². The molecular weight excluding hydrogens is 438 g/mol. The van der Waals surface area contributed by atoms with Crippen molar-refractivity contribution in [2.45, 2.75) is 38.1 Å². The number of rotatable bonds is 5. The number of ether oxygens (including phenoxy) is 1. The third-order valence-electron chi connectivity index (χ3n) is 7.81. The van der Waals surface area contributed by atoms with Gasteiger partial charge in [0, 0.05) is 34.9 Å². The summed E-state index contributed by atoms with van der Waals surface area (Å²) in [6.45, 7) is 7.08. The Morgan fingerprint density at radius 1 is 1.09 bits per heavy atom. The Morgan fingerprint density at radius 2 is 1.94 bits per heavy atom. The maximum absolute atomic E-state index is 13.4. The molecule has 4 heterocycles. The number of aryl methyl sites for hydroxylation is 1. The smallest absolute Gasteiger partial charge is 0.270 e. The lowest BCUT2D eigenvalue weighted by molar-refractivity contribution is -0.00749. The Hall–Kier alpha value is -3.09. The molecule has 35 heavy (non-hydrogen) atoms. The van der Waals surface area contributed by atoms with Crippen LogP contribution in [-0.4, -0.2) is 66.1 Å². The van der Waals surface area contributed by atoms with Crippen LogP contribution in [0.3, 0.4) is 0 Å². The van der Waals surface area contributed by atoms with E-state index < -0.39 is 0 Å². The summed E-state index contributed by atoms with van der Waals surface area (Å²) in [6, 6.07) is 16.7. The first-order chi connectivity index (χ1) is 17.2. The fraction of sp³-hybridized carbons (Fsp3) is 0.414. The van der Waals surface area contributed by atoms with Crippen LogP contribution in [-0.2, 0) is 4.74 Å². The van der Waals surface area contributed by atoms with Crippen LogP contribution in [0.5, 0.6) is 0 Å². The summed E-state index contributed by atoms with van der Waals surface area (Å²) < 4.78 is 11.6. The van der Waals surface area contributed by atoms with Crippen LogP contribution in [0.4, 0.5) is 0 Å². The molecule has 2 aliphatic heterocycles. The van der Waals surface area contributed by atoms with E-state index in [2.05, 4.69) is 41.1 Å². The monoisotopic (exact) mass is 471 g/mol. The number of fused-ring (bicyclic) bond motifs is 2. The third-order valence-corrected chi connectivity index (χ3v) is 7.81. The molecule has 182 valence electrons. The molecule has 0 spiro atoms. The van der Waals surface area contributed by atoms with Gasteiger partial charge in [0.05, 0.1) is 25.5 Å². The zero-order chi connectivity index (χ0) is 23.8. The molecule has 6 nitrogen and oxygen atoms in total. The van der Waals surface area contributed by atoms with Crippen LogP contribution in [0.1, 0.15) is 46.8 Å². The van der Waals surface area contributed by atoms with Gasteiger partial charge in [-0.15, -0.1) is 0 Å². The van der Waals surface area contributed by atoms with Crippen molar-refractivity contribution in [2.24, 2.45) is 0 Å². The molecule has 1 N–H and O–H groups in total. The van der Waals surface area contributed by atoms with Crippen LogP contribution >= 0.6 is 0 Å². The number of carbonyl (C=O) groups is 1. The molecule has 2 aromatic heterocycles. The molecule has 6 heteroatoms. The van der Waals surface area contributed by atoms with Gasteiger partial charge in [0.2, 0.25) is 0 Å². The first-order valence-electron chi connectivity index (χ1n) is 12.8. The number of morpholine rings is 1. The summed E-state index contributed by atoms with van der Waals surface area (Å²) in [7, 11) is 0. The number of H-pyrrole nitrogens is 1. The fourth-order valence-corrected chi connectivity index (χ4v) is 5.80. The summed E-state index contributed by atoms with van der Waals surface area (Å²) in [4.78, 5) is 21.3. The average molecular weight is 472 g/mol. The van der Waals surface area contributed by atoms with Crippen molar-refractivity contribution in [3.63, 3.8) is 0 Å². The largest absolute Gasteiger partial charge is 0.464 e. The molecule has 1 amide bonds. The number of aromatic amines is 1. The molecule has 2 aliphatic rings. The predicted molar refractivity (Wildman–Crippen MR) is 138 cm³/mol. The number of aromatic nitrogens is 1. The normalized spacial score (nSPS) is 20.1. The van der Waals surface area contributed by atoms with Crippen molar-refractivity contribution in [2.75, 3.05) is 39.4 Å². The number of carbonyl (C=O) groups excluding carboxylic acids is 1. The van der Waals surface area contributed by atoms with E-state index in [1.807, 2.05) is 35.4 Å². The maximum Gasteiger partial charge on any atom is 0.270 e. The number of furan rings is 1. The van der Waals surface area contributed by atoms with Gasteiger partial charge < -0.3 is 23.9 Å². The topological polar surface area (TPSA) is 61.7 Å². The second-order valence-electron chi connectivity index (χ2n) is 10.1. The van der Waals surface area contributed by atoms with E-state index in [0.29, 0.717) is 31.4 Å². The molecule has 2 aromatic carbocycles. The van der Waals surface area contributed by atoms with Gasteiger partial charge in [0.25, 0.3) is 5.91 Å². The minimum absolute atomic E-state index is 0.0812. The number of hydrogen-bond acceptors (Lipinski definition) is 4. The third kappa shape index (κ3) is 4.48. The molecule has 0 radical (unpaired) electrons. The Kier molecular flexibility index (Phi) is 6.08. The summed E-state index contributed by atoms with van der Waals surface area (Å²) >= 11 is 0. The van der Waals surface area contributed by atoms with E-state index >= 15 is 0 Å². The van der Waals surface area contributed by atoms with Crippen LogP contribution < -0.4 is 0 Å². The molecule has 6 rings (SSSR count). The van der Waals surface area contributed by atoms with Crippen molar-refractivity contribution in [1.82, 2.24) is 14.8 Å². The number of benzene rings is 2. The molecule has 1 unspecified atom stereocenters. The van der Waals surface area contributed by atoms with Crippen LogP contribution in [0, 0.1) is 6.92 Å². The second-order valence-corrected chi connectivity index (χ2v) is 10.1. The molecule has 2 saturated heterocycles. The van der Waals surface area contributed by atoms with Gasteiger partial charge in [0.15, 0.2) is 0 Å². The standard InChI is InChI=1S/C29H33N3O3/c1-20-6-7-26-22(16-20)17-27(30-26)29(33)32-14-15-34-18-23(32)10-13-31-11-8-21(9-12-31)25-19-35-28-5-3-2-4-24(25)28/h2-7,16-17,19,21,23,30H,8-15,18H2,1H3. The van der Waals surface area contributed by atoms with Gasteiger partial charge in [-0.1, -0.05) is 29.8 Å². The van der Waals surface area contributed by atoms with E-state index in [9.17, 15) is 4.79 Å². The fourth-order valence-electron chi connectivity index (χ4n) is 5.80. The highest BCUT2D eigenvalue weighted by Crippen LogP contribution is 2.34. The number of nitrogens with one attached hydrogen (secondary N) is 1. The zero-order valence-corrected chi connectivity index (χ0v) is 20.3. The number of para-hydroxylation sites is 1. The van der Waals surface area contributed by atoms with Gasteiger partial charge in [-0.2, -0.15) is 0 Å². The molecular formula is C29H33N3O3. The lowest BCUT2D eigenvalue weighted by Gasteiger charge is -2.38. The van der Waals surface area contributed by atoms with E-state index in [1.54, 1.807) is 0 Å². The molecule has 1 atom stereocenters. The Morgan fingerprint density at radius 3 is 2.83 bits per heavy atom. The van der Waals surface area contributed by atoms with Crippen molar-refractivity contribution in [3.05, 3.63) is 71.6 Å². The first kappa shape index (κ1) is 22.4. The van der Waals surface area contributed by atoms with Crippen molar-refractivity contribution < 1.29 is 13.9 Å². The maximum atomic E-state index is 13.4. The SMILES string of the molecule is Cc1ccc2[nH]c(C(=O)N3CCOCC3CCN3CCC(c4coc5ccccc45)CC3)cc2c1. The number of hydrogen-bond donors (Lipinski definition) is 1. The summed E-state index contributed by atoms with van der Waals surface area (Å²) in [5.41, 5.74) is 5.22. The lowest BCUT2D eigenvalue weighted by Crippen LogP contribution is -2.50. The zero-order valence-electron chi connectivity index (χ0n) is 20.3. The van der Waals surface area contributed by atoms with E-state index in [-0.39, 0.29) is 11.9 Å². The van der Waals surface area contributed by atoms with E-state index in [1.165, 1.54) is 16.5 Å². The van der Waals surface area contributed by atoms with Crippen LogP contribution in [0.15, 0.2) is 59.2 Å². The second kappa shape index (κ2) is 9.51. The molecule has 0 bridgehead atoms. The van der Waals surface area contributed by atoms with Gasteiger partial charge in [-0.25, -0.2) is 0 Å². The first-order valence-corrected chi connectivity index (χ1v) is 12.8. The predicted octanol–water partition coefficient (Wildman–Crippen LogP) is 5.33. The minimum Gasteiger partial charge on any atom is -0.464 e. The van der Waals surface area contributed by atoms with Crippen LogP contribution in [0.2, 0.25) is 0 Å². The molecule has 0 saturated carbocycles. The molecule has 2 fully saturated rings. The Balaban J connectivity index is 1.07. The van der Waals surface area contributed by atoms with Crippen molar-refractivity contribution in [3.8, 4) is 0 Å². The number of likely N-dealkylation sites (tertiary alicyclic amines) is 1. The van der Waals surface area contributed by atoms with E-state index in [4.69, 9.17) is 9.15 Å². The highest BCUT2D eigenvalue weighted by molar-refractivity contribution is 5.98. The van der Waals surface area contributed by atoms with Crippen molar-refractivity contribution in [1.29, 1.82) is 0 Å².